The molecule has 0 radical (unpaired) electrons. The van der Waals surface area contributed by atoms with Gasteiger partial charge in [-0.1, -0.05) is 32.0 Å². The molecular weight excluding hydrogens is 334 g/mol. The first-order valence-corrected chi connectivity index (χ1v) is 8.66. The predicted octanol–water partition coefficient (Wildman–Crippen LogP) is 1.87. The number of rotatable bonds is 9. The maximum Gasteiger partial charge on any atom is 0.245 e. The van der Waals surface area contributed by atoms with E-state index in [-0.39, 0.29) is 0 Å². The van der Waals surface area contributed by atoms with Crippen LogP contribution in [0.4, 0.5) is 17.3 Å². The lowest BCUT2D eigenvalue weighted by Crippen LogP contribution is -2.36. The summed E-state index contributed by atoms with van der Waals surface area (Å²) >= 11 is 0. The van der Waals surface area contributed by atoms with Crippen molar-refractivity contribution in [3.63, 3.8) is 0 Å². The van der Waals surface area contributed by atoms with Crippen molar-refractivity contribution < 1.29 is 9.74 Å². The highest BCUT2D eigenvalue weighted by Gasteiger charge is 2.15. The van der Waals surface area contributed by atoms with E-state index < -0.39 is 6.10 Å². The van der Waals surface area contributed by atoms with E-state index in [0.717, 1.165) is 18.8 Å². The Balaban J connectivity index is 1.76. The summed E-state index contributed by atoms with van der Waals surface area (Å²) in [6.07, 6.45) is -0.535. The summed E-state index contributed by atoms with van der Waals surface area (Å²) in [5, 5.41) is 24.1. The van der Waals surface area contributed by atoms with E-state index in [1.54, 1.807) is 0 Å². The molecule has 0 unspecified atom stereocenters. The summed E-state index contributed by atoms with van der Waals surface area (Å²) in [6, 6.07) is 9.63. The number of nitrogens with zero attached hydrogens (tertiary/aromatic N) is 5. The minimum atomic E-state index is -0.535. The molecule has 9 nitrogen and oxygen atoms in total. The quantitative estimate of drug-likeness (QED) is 0.528. The highest BCUT2D eigenvalue weighted by molar-refractivity contribution is 5.76. The largest absolute Gasteiger partial charge is 0.390 e. The van der Waals surface area contributed by atoms with E-state index >= 15 is 0 Å². The second kappa shape index (κ2) is 8.54. The lowest BCUT2D eigenvalue weighted by molar-refractivity contribution is 0.128. The Morgan fingerprint density at radius 3 is 2.35 bits per heavy atom. The second-order valence-corrected chi connectivity index (χ2v) is 5.84. The first-order valence-electron chi connectivity index (χ1n) is 8.66. The number of nitrogens with one attached hydrogen (secondary N) is 2. The van der Waals surface area contributed by atoms with Gasteiger partial charge in [-0.15, -0.1) is 0 Å². The second-order valence-electron chi connectivity index (χ2n) is 5.84. The van der Waals surface area contributed by atoms with Gasteiger partial charge in [0.1, 0.15) is 0 Å². The highest BCUT2D eigenvalue weighted by Crippen LogP contribution is 2.23. The van der Waals surface area contributed by atoms with Crippen LogP contribution in [-0.4, -0.2) is 62.6 Å². The van der Waals surface area contributed by atoms with Crippen molar-refractivity contribution in [3.05, 3.63) is 30.3 Å². The van der Waals surface area contributed by atoms with Crippen molar-refractivity contribution in [2.75, 3.05) is 36.8 Å². The highest BCUT2D eigenvalue weighted by atomic mass is 16.6. The number of fused-ring (bicyclic) bond motifs is 1. The zero-order valence-electron chi connectivity index (χ0n) is 14.9. The molecule has 3 rings (SSSR count). The topological polar surface area (TPSA) is 112 Å². The van der Waals surface area contributed by atoms with Crippen molar-refractivity contribution in [1.82, 2.24) is 25.2 Å². The van der Waals surface area contributed by atoms with E-state index in [9.17, 15) is 5.11 Å². The fourth-order valence-corrected chi connectivity index (χ4v) is 2.57. The number of aliphatic hydroxyl groups is 1. The molecule has 2 heterocycles. The van der Waals surface area contributed by atoms with E-state index in [0.29, 0.717) is 36.0 Å². The minimum absolute atomic E-state index is 0.310. The molecule has 0 fully saturated rings. The van der Waals surface area contributed by atoms with Gasteiger partial charge in [0.25, 0.3) is 0 Å². The fraction of sp³-hybridized carbons (Fsp3) is 0.412. The van der Waals surface area contributed by atoms with Crippen LogP contribution in [0.25, 0.3) is 11.3 Å². The van der Waals surface area contributed by atoms with Crippen LogP contribution in [0, 0.1) is 0 Å². The molecule has 0 aliphatic heterocycles. The lowest BCUT2D eigenvalue weighted by atomic mass is 10.3. The van der Waals surface area contributed by atoms with E-state index in [4.69, 9.17) is 4.63 Å². The first kappa shape index (κ1) is 18.0. The maximum atomic E-state index is 10.3. The average Bonchev–Trinajstić information content (AvgIpc) is 3.12. The smallest absolute Gasteiger partial charge is 0.245 e. The molecule has 0 aliphatic rings. The standard InChI is InChI=1S/C17H23N7O2/c1-3-24(4-2)11-13(25)10-18-14-15(19-12-8-6-5-7-9-12)21-17-16(20-14)22-26-23-17/h5-9,13,25H,3-4,10-11H2,1-2H3,(H,18,20,22)(H,19,21,23)/t13-/m1/s1. The van der Waals surface area contributed by atoms with Crippen LogP contribution in [0.5, 0.6) is 0 Å². The normalized spacial score (nSPS) is 12.5. The summed E-state index contributed by atoms with van der Waals surface area (Å²) in [4.78, 5) is 11.0. The molecular formula is C17H23N7O2. The Kier molecular flexibility index (Phi) is 5.92. The SMILES string of the molecule is CCN(CC)C[C@H](O)CNc1nc2nonc2nc1Nc1ccccc1. The number of benzene rings is 1. The van der Waals surface area contributed by atoms with E-state index in [2.05, 4.69) is 49.7 Å². The summed E-state index contributed by atoms with van der Waals surface area (Å²) in [6.45, 7) is 6.86. The van der Waals surface area contributed by atoms with Gasteiger partial charge in [0.15, 0.2) is 11.6 Å². The molecule has 0 saturated heterocycles. The van der Waals surface area contributed by atoms with E-state index in [1.165, 1.54) is 0 Å². The van der Waals surface area contributed by atoms with Crippen molar-refractivity contribution >= 4 is 28.6 Å². The monoisotopic (exact) mass is 357 g/mol. The molecule has 26 heavy (non-hydrogen) atoms. The van der Waals surface area contributed by atoms with Gasteiger partial charge in [-0.05, 0) is 35.5 Å². The van der Waals surface area contributed by atoms with Gasteiger partial charge in [-0.3, -0.25) is 0 Å². The van der Waals surface area contributed by atoms with Crippen molar-refractivity contribution in [2.24, 2.45) is 0 Å². The maximum absolute atomic E-state index is 10.3. The van der Waals surface area contributed by atoms with Crippen LogP contribution in [0.15, 0.2) is 35.0 Å². The van der Waals surface area contributed by atoms with Crippen LogP contribution in [0.1, 0.15) is 13.8 Å². The molecule has 0 spiro atoms. The summed E-state index contributed by atoms with van der Waals surface area (Å²) in [7, 11) is 0. The zero-order valence-corrected chi connectivity index (χ0v) is 14.9. The number of para-hydroxylation sites is 1. The van der Waals surface area contributed by atoms with Gasteiger partial charge in [0.05, 0.1) is 6.10 Å². The van der Waals surface area contributed by atoms with Crippen LogP contribution in [0.2, 0.25) is 0 Å². The third-order valence-electron chi connectivity index (χ3n) is 4.02. The Hall–Kier alpha value is -2.78. The first-order chi connectivity index (χ1) is 12.7. The van der Waals surface area contributed by atoms with Crippen molar-refractivity contribution in [1.29, 1.82) is 0 Å². The van der Waals surface area contributed by atoms with Gasteiger partial charge < -0.3 is 20.6 Å². The molecule has 0 amide bonds. The molecule has 0 bridgehead atoms. The zero-order chi connectivity index (χ0) is 18.4. The summed E-state index contributed by atoms with van der Waals surface area (Å²) < 4.78 is 4.70. The van der Waals surface area contributed by atoms with Gasteiger partial charge in [-0.2, -0.15) is 0 Å². The molecule has 9 heteroatoms. The predicted molar refractivity (Wildman–Crippen MR) is 99.4 cm³/mol. The summed E-state index contributed by atoms with van der Waals surface area (Å²) in [5.74, 6) is 0.977. The number of hydrogen-bond donors (Lipinski definition) is 3. The Morgan fingerprint density at radius 2 is 1.69 bits per heavy atom. The minimum Gasteiger partial charge on any atom is -0.390 e. The Morgan fingerprint density at radius 1 is 1.04 bits per heavy atom. The van der Waals surface area contributed by atoms with E-state index in [1.807, 2.05) is 30.3 Å². The van der Waals surface area contributed by atoms with Gasteiger partial charge in [-0.25, -0.2) is 14.6 Å². The lowest BCUT2D eigenvalue weighted by Gasteiger charge is -2.22. The van der Waals surface area contributed by atoms with Crippen LogP contribution in [-0.2, 0) is 0 Å². The van der Waals surface area contributed by atoms with Gasteiger partial charge >= 0.3 is 0 Å². The Labute approximate surface area is 151 Å². The molecule has 2 aromatic heterocycles. The molecule has 0 saturated carbocycles. The summed E-state index contributed by atoms with van der Waals surface area (Å²) in [5.41, 5.74) is 1.49. The number of anilines is 3. The van der Waals surface area contributed by atoms with Crippen molar-refractivity contribution in [3.8, 4) is 0 Å². The van der Waals surface area contributed by atoms with Gasteiger partial charge in [0.2, 0.25) is 11.3 Å². The molecule has 0 aliphatic carbocycles. The van der Waals surface area contributed by atoms with Gasteiger partial charge in [0, 0.05) is 18.8 Å². The third-order valence-corrected chi connectivity index (χ3v) is 4.02. The number of likely N-dealkylation sites (N-methyl/N-ethyl adjacent to an activating group) is 1. The number of aliphatic hydroxyl groups excluding tert-OH is 1. The third kappa shape index (κ3) is 4.44. The molecule has 1 atom stereocenters. The number of aromatic nitrogens is 4. The van der Waals surface area contributed by atoms with Crippen LogP contribution < -0.4 is 10.6 Å². The molecule has 1 aromatic carbocycles. The van der Waals surface area contributed by atoms with Crippen LogP contribution >= 0.6 is 0 Å². The average molecular weight is 357 g/mol. The molecule has 3 N–H and O–H groups in total. The number of hydrogen-bond acceptors (Lipinski definition) is 9. The molecule has 138 valence electrons. The van der Waals surface area contributed by atoms with Crippen LogP contribution in [0.3, 0.4) is 0 Å². The van der Waals surface area contributed by atoms with Crippen molar-refractivity contribution in [2.45, 2.75) is 20.0 Å². The fourth-order valence-electron chi connectivity index (χ4n) is 2.57. The Bertz CT molecular complexity index is 820. The molecule has 3 aromatic rings.